The molecular weight excluding hydrogens is 1160 g/mol. The molecule has 3 nitrogen and oxygen atoms in total. The summed E-state index contributed by atoms with van der Waals surface area (Å²) in [7, 11) is 0. The fourth-order valence-electron chi connectivity index (χ4n) is 20.1. The molecule has 0 atom stereocenters. The van der Waals surface area contributed by atoms with Crippen LogP contribution in [-0.2, 0) is 59.6 Å². The summed E-state index contributed by atoms with van der Waals surface area (Å²) in [4.78, 5) is 8.27. The lowest BCUT2D eigenvalue weighted by Crippen LogP contribution is -2.63. The molecule has 0 bridgehead atoms. The van der Waals surface area contributed by atoms with E-state index in [0.29, 0.717) is 0 Å². The third-order valence-electron chi connectivity index (χ3n) is 26.3. The maximum Gasteiger partial charge on any atom is 0.252 e. The van der Waals surface area contributed by atoms with Crippen LogP contribution in [0.4, 0.5) is 51.2 Å². The molecule has 0 unspecified atom stereocenters. The van der Waals surface area contributed by atoms with Gasteiger partial charge in [0.2, 0.25) is 0 Å². The minimum atomic E-state index is -0.332. The smallest absolute Gasteiger partial charge is 0.252 e. The standard InChI is InChI=1S/C92H112BN3/c1-54-43-64-69(88(17,18)41-37-84(64,9)10)50-74(54)95-73-36-35-61-62-47-66-67(87(15,16)40-39-86(66,13)14)48-63(62)92(25,26)79(61)81(73)93-72-49-68-71(91(23,24)53-90(68,21)22)52-76(72)96(75-51-70-65(44-55(75)2)85(11,12)38-42-89(70,19)20)78-46-60(45-77(95)80(78)93)94(58-31-27-56(28-32-58)82(3,4)5)59-33-29-57(30-34-59)83(6,7)8/h27-36,43-52H,37-42,53H2,1-26H3. The van der Waals surface area contributed by atoms with Crippen LogP contribution < -0.4 is 31.1 Å². The zero-order chi connectivity index (χ0) is 69.1. The number of rotatable bonds is 5. The zero-order valence-electron chi connectivity index (χ0n) is 63.9. The summed E-state index contributed by atoms with van der Waals surface area (Å²) in [5.41, 5.74) is 38.4. The quantitative estimate of drug-likeness (QED) is 0.159. The molecule has 0 radical (unpaired) electrons. The first-order chi connectivity index (χ1) is 44.4. The number of benzene rings is 8. The van der Waals surface area contributed by atoms with E-state index in [1.54, 1.807) is 5.56 Å². The minimum Gasteiger partial charge on any atom is -0.311 e. The lowest BCUT2D eigenvalue weighted by molar-refractivity contribution is 0.331. The van der Waals surface area contributed by atoms with Crippen molar-refractivity contribution < 1.29 is 0 Å². The summed E-state index contributed by atoms with van der Waals surface area (Å²) >= 11 is 0. The maximum atomic E-state index is 2.84. The van der Waals surface area contributed by atoms with Crippen molar-refractivity contribution in [1.82, 2.24) is 0 Å². The second kappa shape index (κ2) is 20.2. The molecule has 8 aromatic carbocycles. The van der Waals surface area contributed by atoms with Crippen molar-refractivity contribution in [2.24, 2.45) is 0 Å². The Kier molecular flexibility index (Phi) is 13.7. The Labute approximate surface area is 580 Å². The molecule has 15 rings (SSSR count). The van der Waals surface area contributed by atoms with Gasteiger partial charge in [-0.3, -0.25) is 0 Å². The van der Waals surface area contributed by atoms with E-state index >= 15 is 0 Å². The number of fused-ring (bicyclic) bond motifs is 12. The molecule has 0 saturated heterocycles. The molecule has 0 saturated carbocycles. The average Bonchev–Trinajstić information content (AvgIpc) is 1.26. The van der Waals surface area contributed by atoms with Crippen LogP contribution in [0.25, 0.3) is 11.1 Å². The van der Waals surface area contributed by atoms with Crippen molar-refractivity contribution in [3.63, 3.8) is 0 Å². The normalized spacial score (nSPS) is 20.8. The van der Waals surface area contributed by atoms with Crippen molar-refractivity contribution in [1.29, 1.82) is 0 Å². The highest BCUT2D eigenvalue weighted by molar-refractivity contribution is 7.00. The van der Waals surface area contributed by atoms with E-state index in [2.05, 4.69) is 316 Å². The monoisotopic (exact) mass is 1270 g/mol. The third kappa shape index (κ3) is 9.50. The molecule has 2 heterocycles. The van der Waals surface area contributed by atoms with Gasteiger partial charge in [-0.1, -0.05) is 221 Å². The van der Waals surface area contributed by atoms with Gasteiger partial charge in [-0.25, -0.2) is 0 Å². The maximum absolute atomic E-state index is 2.84. The molecule has 8 aromatic rings. The molecule has 96 heavy (non-hydrogen) atoms. The van der Waals surface area contributed by atoms with Crippen molar-refractivity contribution in [3.8, 4) is 11.1 Å². The van der Waals surface area contributed by atoms with E-state index in [0.717, 1.165) is 36.3 Å². The summed E-state index contributed by atoms with van der Waals surface area (Å²) in [6, 6.07) is 51.2. The zero-order valence-corrected chi connectivity index (χ0v) is 63.9. The van der Waals surface area contributed by atoms with Gasteiger partial charge in [-0.2, -0.15) is 0 Å². The van der Waals surface area contributed by atoms with E-state index < -0.39 is 0 Å². The Hall–Kier alpha value is -6.78. The van der Waals surface area contributed by atoms with Crippen LogP contribution in [0.1, 0.15) is 289 Å². The van der Waals surface area contributed by atoms with E-state index in [1.807, 2.05) is 0 Å². The van der Waals surface area contributed by atoms with Crippen molar-refractivity contribution in [2.45, 2.75) is 285 Å². The Balaban J connectivity index is 1.13. The van der Waals surface area contributed by atoms with Gasteiger partial charge in [0.25, 0.3) is 6.71 Å². The highest BCUT2D eigenvalue weighted by atomic mass is 15.2. The number of hydrogen-bond donors (Lipinski definition) is 0. The molecule has 0 fully saturated rings. The fraction of sp³-hybridized carbons (Fsp3) is 0.478. The lowest BCUT2D eigenvalue weighted by atomic mass is 9.32. The highest BCUT2D eigenvalue weighted by Gasteiger charge is 2.54. The number of nitrogens with zero attached hydrogens (tertiary/aromatic N) is 3. The first-order valence-electron chi connectivity index (χ1n) is 37.0. The topological polar surface area (TPSA) is 9.72 Å². The van der Waals surface area contributed by atoms with Gasteiger partial charge in [0.1, 0.15) is 0 Å². The fourth-order valence-corrected chi connectivity index (χ4v) is 20.1. The molecule has 5 aliphatic carbocycles. The van der Waals surface area contributed by atoms with Gasteiger partial charge in [-0.15, -0.1) is 0 Å². The molecule has 498 valence electrons. The van der Waals surface area contributed by atoms with Gasteiger partial charge >= 0.3 is 0 Å². The van der Waals surface area contributed by atoms with Crippen LogP contribution in [0.2, 0.25) is 0 Å². The predicted octanol–water partition coefficient (Wildman–Crippen LogP) is 23.8. The second-order valence-corrected chi connectivity index (χ2v) is 39.5. The number of aryl methyl sites for hydroxylation is 2. The summed E-state index contributed by atoms with van der Waals surface area (Å²) in [5.74, 6) is 0. The molecular formula is C92H112BN3. The molecule has 0 amide bonds. The van der Waals surface area contributed by atoms with Gasteiger partial charge in [0.05, 0.1) is 5.69 Å². The highest BCUT2D eigenvalue weighted by Crippen LogP contribution is 2.60. The van der Waals surface area contributed by atoms with Gasteiger partial charge in [-0.05, 0) is 285 Å². The molecule has 7 aliphatic rings. The average molecular weight is 1270 g/mol. The van der Waals surface area contributed by atoms with Crippen molar-refractivity contribution >= 4 is 74.3 Å². The van der Waals surface area contributed by atoms with Gasteiger partial charge in [0, 0.05) is 50.9 Å². The minimum absolute atomic E-state index is 0.00977. The van der Waals surface area contributed by atoms with Crippen molar-refractivity contribution in [3.05, 3.63) is 199 Å². The van der Waals surface area contributed by atoms with Crippen LogP contribution in [-0.4, -0.2) is 6.71 Å². The second-order valence-electron chi connectivity index (χ2n) is 39.5. The first kappa shape index (κ1) is 65.2. The van der Waals surface area contributed by atoms with Crippen LogP contribution in [0.15, 0.2) is 121 Å². The summed E-state index contributed by atoms with van der Waals surface area (Å²) < 4.78 is 0. The predicted molar refractivity (Wildman–Crippen MR) is 416 cm³/mol. The Morgan fingerprint density at radius 1 is 0.323 bits per heavy atom. The molecule has 0 spiro atoms. The molecule has 4 heteroatoms. The molecule has 0 aromatic heterocycles. The van der Waals surface area contributed by atoms with Gasteiger partial charge in [0.15, 0.2) is 0 Å². The summed E-state index contributed by atoms with van der Waals surface area (Å²) in [6.07, 6.45) is 8.09. The van der Waals surface area contributed by atoms with E-state index in [4.69, 9.17) is 0 Å². The summed E-state index contributed by atoms with van der Waals surface area (Å²) in [5, 5.41) is 0. The molecule has 0 N–H and O–H groups in total. The van der Waals surface area contributed by atoms with Crippen LogP contribution in [0.3, 0.4) is 0 Å². The van der Waals surface area contributed by atoms with Crippen LogP contribution >= 0.6 is 0 Å². The van der Waals surface area contributed by atoms with E-state index in [9.17, 15) is 0 Å². The van der Waals surface area contributed by atoms with Crippen LogP contribution in [0, 0.1) is 13.8 Å². The third-order valence-corrected chi connectivity index (χ3v) is 26.3. The van der Waals surface area contributed by atoms with E-state index in [-0.39, 0.29) is 66.3 Å². The Bertz CT molecular complexity index is 4570. The van der Waals surface area contributed by atoms with Crippen molar-refractivity contribution in [2.75, 3.05) is 14.7 Å². The van der Waals surface area contributed by atoms with Crippen LogP contribution in [0.5, 0.6) is 0 Å². The van der Waals surface area contributed by atoms with E-state index in [1.165, 1.54) is 160 Å². The lowest BCUT2D eigenvalue weighted by Gasteiger charge is -2.48. The van der Waals surface area contributed by atoms with Gasteiger partial charge < -0.3 is 14.7 Å². The number of hydrogen-bond acceptors (Lipinski definition) is 3. The SMILES string of the molecule is Cc1cc2c(cc1N1c3cc4c(cc3B3c5c1cc(N(c1ccc(C(C)(C)C)cc1)c1ccc(C(C)(C)C)cc1)cc5N(c1cc5c(cc1C)C(C)(C)CCC5(C)C)c1ccc5c(c13)C(C)(C)c1cc3c(cc1-5)C(C)(C)CCC3(C)C)C(C)(C)CC4(C)C)C(C)(C)CCC2(C)C. The first-order valence-corrected chi connectivity index (χ1v) is 37.0. The number of anilines is 9. The Morgan fingerprint density at radius 2 is 0.688 bits per heavy atom. The molecule has 2 aliphatic heterocycles. The largest absolute Gasteiger partial charge is 0.311 e. The summed E-state index contributed by atoms with van der Waals surface area (Å²) in [6.45, 7) is 64.2. The Morgan fingerprint density at radius 3 is 1.11 bits per heavy atom.